The van der Waals surface area contributed by atoms with Gasteiger partial charge in [-0.3, -0.25) is 4.79 Å². The zero-order valence-corrected chi connectivity index (χ0v) is 22.3. The van der Waals surface area contributed by atoms with E-state index in [2.05, 4.69) is 16.5 Å². The molecule has 1 spiro atoms. The lowest BCUT2D eigenvalue weighted by molar-refractivity contribution is -0.159. The number of ether oxygens (including phenoxy) is 2. The Labute approximate surface area is 225 Å². The maximum Gasteiger partial charge on any atom is 0.414 e. The summed E-state index contributed by atoms with van der Waals surface area (Å²) < 4.78 is 14.0. The molecule has 2 aromatic rings. The number of imidazole rings is 1. The SMILES string of the molecule is COc1ccc(Cl)c(C(=O)N2CCC3(CC2)OCCn2c(CN(C)CC4CC4)cnc23)c1.O=C(O)C(=O)O. The van der Waals surface area contributed by atoms with Crippen LogP contribution < -0.4 is 4.74 Å². The number of carboxylic acid groups (broad SMARTS) is 2. The average molecular weight is 549 g/mol. The second-order valence-corrected chi connectivity index (χ2v) is 10.4. The van der Waals surface area contributed by atoms with Gasteiger partial charge in [-0.15, -0.1) is 0 Å². The molecule has 206 valence electrons. The van der Waals surface area contributed by atoms with Gasteiger partial charge in [-0.25, -0.2) is 14.6 Å². The van der Waals surface area contributed by atoms with Gasteiger partial charge in [0.1, 0.15) is 17.2 Å². The van der Waals surface area contributed by atoms with E-state index >= 15 is 0 Å². The van der Waals surface area contributed by atoms with Crippen LogP contribution >= 0.6 is 11.6 Å². The summed E-state index contributed by atoms with van der Waals surface area (Å²) in [7, 11) is 3.78. The van der Waals surface area contributed by atoms with Crippen molar-refractivity contribution in [3.8, 4) is 5.75 Å². The highest BCUT2D eigenvalue weighted by Gasteiger charge is 2.44. The van der Waals surface area contributed by atoms with E-state index in [-0.39, 0.29) is 5.91 Å². The number of hydrogen-bond acceptors (Lipinski definition) is 7. The van der Waals surface area contributed by atoms with Crippen molar-refractivity contribution in [1.82, 2.24) is 19.4 Å². The maximum absolute atomic E-state index is 13.1. The lowest BCUT2D eigenvalue weighted by Crippen LogP contribution is -2.50. The van der Waals surface area contributed by atoms with E-state index in [1.54, 1.807) is 25.3 Å². The van der Waals surface area contributed by atoms with Crippen LogP contribution in [0.5, 0.6) is 5.75 Å². The number of nitrogens with zero attached hydrogens (tertiary/aromatic N) is 4. The third-order valence-electron chi connectivity index (χ3n) is 7.18. The fraction of sp³-hybridized carbons (Fsp3) is 0.538. The van der Waals surface area contributed by atoms with Crippen molar-refractivity contribution in [1.29, 1.82) is 0 Å². The summed E-state index contributed by atoms with van der Waals surface area (Å²) >= 11 is 6.31. The van der Waals surface area contributed by atoms with Gasteiger partial charge in [0.05, 0.1) is 30.0 Å². The van der Waals surface area contributed by atoms with Crippen molar-refractivity contribution >= 4 is 29.4 Å². The number of amides is 1. The van der Waals surface area contributed by atoms with Crippen LogP contribution in [-0.4, -0.2) is 87.8 Å². The second-order valence-electron chi connectivity index (χ2n) is 9.96. The first-order valence-electron chi connectivity index (χ1n) is 12.6. The molecule has 1 aromatic carbocycles. The summed E-state index contributed by atoms with van der Waals surface area (Å²) in [5.74, 6) is -1.19. The highest BCUT2D eigenvalue weighted by Crippen LogP contribution is 2.40. The Morgan fingerprint density at radius 3 is 2.47 bits per heavy atom. The Bertz CT molecular complexity index is 1180. The Hall–Kier alpha value is -3.15. The number of methoxy groups -OCH3 is 1. The number of rotatable bonds is 6. The topological polar surface area (TPSA) is 134 Å². The normalized spacial score (nSPS) is 17.9. The standard InChI is InChI=1S/C24H31ClN4O3.C2H2O4/c1-27(15-17-3-4-17)16-18-14-26-23-24(32-12-11-29(18)23)7-9-28(10-8-24)22(30)20-13-19(31-2)5-6-21(20)25;3-1(4)2(5)6/h5-6,13-14,17H,3-4,7-12,15-16H2,1-2H3;(H,3,4)(H,5,6). The minimum Gasteiger partial charge on any atom is -0.497 e. The van der Waals surface area contributed by atoms with E-state index in [0.29, 0.717) is 36.0 Å². The van der Waals surface area contributed by atoms with Gasteiger partial charge in [0.25, 0.3) is 5.91 Å². The first-order chi connectivity index (χ1) is 18.1. The number of likely N-dealkylation sites (tertiary alicyclic amines) is 1. The molecule has 1 amide bonds. The summed E-state index contributed by atoms with van der Waals surface area (Å²) in [5.41, 5.74) is 1.32. The van der Waals surface area contributed by atoms with Gasteiger partial charge in [0, 0.05) is 51.8 Å². The number of carbonyl (C=O) groups is 3. The molecule has 0 atom stereocenters. The molecular formula is C26H33ClN4O7. The molecule has 0 bridgehead atoms. The molecule has 1 saturated heterocycles. The second kappa shape index (κ2) is 11.7. The van der Waals surface area contributed by atoms with Gasteiger partial charge in [-0.2, -0.15) is 0 Å². The minimum absolute atomic E-state index is 0.0645. The third-order valence-corrected chi connectivity index (χ3v) is 7.51. The van der Waals surface area contributed by atoms with Gasteiger partial charge in [-0.05, 0) is 44.0 Å². The summed E-state index contributed by atoms with van der Waals surface area (Å²) in [6.45, 7) is 4.81. The van der Waals surface area contributed by atoms with E-state index in [4.69, 9.17) is 45.9 Å². The molecule has 5 rings (SSSR count). The van der Waals surface area contributed by atoms with Crippen molar-refractivity contribution < 1.29 is 34.1 Å². The zero-order valence-electron chi connectivity index (χ0n) is 21.6. The van der Waals surface area contributed by atoms with Crippen LogP contribution in [0, 0.1) is 5.92 Å². The van der Waals surface area contributed by atoms with Crippen LogP contribution in [0.1, 0.15) is 47.6 Å². The van der Waals surface area contributed by atoms with Crippen LogP contribution in [0.2, 0.25) is 5.02 Å². The Morgan fingerprint density at radius 2 is 1.87 bits per heavy atom. The minimum atomic E-state index is -1.82. The number of halogens is 1. The van der Waals surface area contributed by atoms with E-state index in [1.165, 1.54) is 18.5 Å². The summed E-state index contributed by atoms with van der Waals surface area (Å²) in [4.78, 5) is 40.4. The fourth-order valence-electron chi connectivity index (χ4n) is 5.03. The lowest BCUT2D eigenvalue weighted by atomic mass is 9.88. The van der Waals surface area contributed by atoms with Crippen LogP contribution in [-0.2, 0) is 33.0 Å². The molecule has 2 fully saturated rings. The first kappa shape index (κ1) is 27.9. The van der Waals surface area contributed by atoms with Crippen LogP contribution in [0.3, 0.4) is 0 Å². The summed E-state index contributed by atoms with van der Waals surface area (Å²) in [5, 5.41) is 15.2. The zero-order chi connectivity index (χ0) is 27.4. The molecule has 2 N–H and O–H groups in total. The molecule has 1 aliphatic carbocycles. The number of aromatic nitrogens is 2. The predicted molar refractivity (Wildman–Crippen MR) is 137 cm³/mol. The number of aliphatic carboxylic acids is 2. The molecule has 1 saturated carbocycles. The van der Waals surface area contributed by atoms with Crippen LogP contribution in [0.4, 0.5) is 0 Å². The predicted octanol–water partition coefficient (Wildman–Crippen LogP) is 2.70. The molecular weight excluding hydrogens is 516 g/mol. The number of fused-ring (bicyclic) bond motifs is 2. The maximum atomic E-state index is 13.1. The molecule has 1 aromatic heterocycles. The number of piperidine rings is 1. The first-order valence-corrected chi connectivity index (χ1v) is 13.0. The molecule has 0 radical (unpaired) electrons. The fourth-order valence-corrected chi connectivity index (χ4v) is 5.23. The van der Waals surface area contributed by atoms with Crippen molar-refractivity contribution in [2.45, 2.75) is 44.4 Å². The largest absolute Gasteiger partial charge is 0.497 e. The Kier molecular flexibility index (Phi) is 8.59. The number of carboxylic acids is 2. The highest BCUT2D eigenvalue weighted by molar-refractivity contribution is 6.33. The lowest BCUT2D eigenvalue weighted by Gasteiger charge is -2.43. The third kappa shape index (κ3) is 6.28. The molecule has 3 heterocycles. The van der Waals surface area contributed by atoms with Gasteiger partial charge >= 0.3 is 11.9 Å². The highest BCUT2D eigenvalue weighted by atomic mass is 35.5. The molecule has 38 heavy (non-hydrogen) atoms. The molecule has 2 aliphatic heterocycles. The van der Waals surface area contributed by atoms with E-state index in [9.17, 15) is 4.79 Å². The summed E-state index contributed by atoms with van der Waals surface area (Å²) in [6, 6.07) is 5.19. The Balaban J connectivity index is 0.000000505. The number of carbonyl (C=O) groups excluding carboxylic acids is 1. The summed E-state index contributed by atoms with van der Waals surface area (Å²) in [6.07, 6.45) is 6.20. The van der Waals surface area contributed by atoms with Gasteiger partial charge in [0.2, 0.25) is 0 Å². The van der Waals surface area contributed by atoms with Crippen LogP contribution in [0.15, 0.2) is 24.4 Å². The molecule has 0 unspecified atom stereocenters. The van der Waals surface area contributed by atoms with Gasteiger partial charge < -0.3 is 34.1 Å². The Morgan fingerprint density at radius 1 is 1.18 bits per heavy atom. The van der Waals surface area contributed by atoms with E-state index in [0.717, 1.165) is 44.2 Å². The van der Waals surface area contributed by atoms with E-state index < -0.39 is 17.5 Å². The van der Waals surface area contributed by atoms with Crippen LogP contribution in [0.25, 0.3) is 0 Å². The van der Waals surface area contributed by atoms with Crippen molar-refractivity contribution in [3.63, 3.8) is 0 Å². The number of hydrogen-bond donors (Lipinski definition) is 2. The van der Waals surface area contributed by atoms with E-state index in [1.807, 2.05) is 11.1 Å². The average Bonchev–Trinajstić information content (AvgIpc) is 3.62. The van der Waals surface area contributed by atoms with Gasteiger partial charge in [-0.1, -0.05) is 11.6 Å². The van der Waals surface area contributed by atoms with Crippen molar-refractivity contribution in [2.24, 2.45) is 5.92 Å². The van der Waals surface area contributed by atoms with Gasteiger partial charge in [0.15, 0.2) is 0 Å². The molecule has 12 heteroatoms. The smallest absolute Gasteiger partial charge is 0.414 e. The molecule has 3 aliphatic rings. The number of benzene rings is 1. The molecule has 11 nitrogen and oxygen atoms in total. The quantitative estimate of drug-likeness (QED) is 0.522. The van der Waals surface area contributed by atoms with Crippen molar-refractivity contribution in [3.05, 3.63) is 46.5 Å². The monoisotopic (exact) mass is 548 g/mol. The van der Waals surface area contributed by atoms with Crippen molar-refractivity contribution in [2.75, 3.05) is 40.4 Å².